The lowest BCUT2D eigenvalue weighted by Crippen LogP contribution is -2.55. The molecule has 8 aromatic rings. The Balaban J connectivity index is 1.27. The van der Waals surface area contributed by atoms with E-state index in [2.05, 4.69) is 186 Å². The van der Waals surface area contributed by atoms with E-state index in [4.69, 9.17) is 9.97 Å². The van der Waals surface area contributed by atoms with Crippen LogP contribution in [0.4, 0.5) is 17.2 Å². The van der Waals surface area contributed by atoms with Gasteiger partial charge in [-0.1, -0.05) is 183 Å². The zero-order valence-corrected chi connectivity index (χ0v) is 33.1. The monoisotopic (exact) mass is 723 g/mol. The van der Waals surface area contributed by atoms with Gasteiger partial charge in [-0.05, 0) is 88.1 Å². The van der Waals surface area contributed by atoms with Crippen molar-refractivity contribution in [3.63, 3.8) is 0 Å². The quantitative estimate of drug-likeness (QED) is 0.139. The second-order valence-electron chi connectivity index (χ2n) is 15.1. The average Bonchev–Trinajstić information content (AvgIpc) is 3.21. The normalized spacial score (nSPS) is 11.0. The third-order valence-corrected chi connectivity index (χ3v) is 10.9. The second-order valence-corrected chi connectivity index (χ2v) is 15.1. The largest absolute Gasteiger partial charge is 0.294 e. The van der Waals surface area contributed by atoms with Gasteiger partial charge in [-0.3, -0.25) is 9.88 Å². The minimum absolute atomic E-state index is 0.0847. The molecule has 272 valence electrons. The molecule has 3 nitrogen and oxygen atoms in total. The van der Waals surface area contributed by atoms with Gasteiger partial charge in [0.15, 0.2) is 5.82 Å². The fourth-order valence-corrected chi connectivity index (χ4v) is 8.61. The molecule has 1 aromatic heterocycles. The predicted octanol–water partition coefficient (Wildman–Crippen LogP) is 11.3. The van der Waals surface area contributed by atoms with Crippen LogP contribution in [0, 0.1) is 41.5 Å². The maximum Gasteiger partial charge on any atom is 0.242 e. The molecule has 0 aliphatic carbocycles. The molecule has 0 bridgehead atoms. The topological polar surface area (TPSA) is 29.0 Å². The number of hydrogen-bond acceptors (Lipinski definition) is 3. The molecule has 0 N–H and O–H groups in total. The van der Waals surface area contributed by atoms with Crippen LogP contribution in [-0.2, 0) is 0 Å². The summed E-state index contributed by atoms with van der Waals surface area (Å²) < 4.78 is 0. The van der Waals surface area contributed by atoms with Crippen molar-refractivity contribution in [1.29, 1.82) is 0 Å². The molecule has 0 amide bonds. The van der Waals surface area contributed by atoms with Gasteiger partial charge in [0.1, 0.15) is 0 Å². The summed E-state index contributed by atoms with van der Waals surface area (Å²) in [6.45, 7) is 13.5. The lowest BCUT2D eigenvalue weighted by Gasteiger charge is -2.27. The molecule has 8 rings (SSSR count). The van der Waals surface area contributed by atoms with Gasteiger partial charge in [0.05, 0.1) is 18.1 Å². The minimum atomic E-state index is 0.0847. The summed E-state index contributed by atoms with van der Waals surface area (Å²) in [4.78, 5) is 12.2. The van der Waals surface area contributed by atoms with Crippen molar-refractivity contribution in [3.05, 3.63) is 203 Å². The number of hydrogen-bond donors (Lipinski definition) is 0. The van der Waals surface area contributed by atoms with Crippen molar-refractivity contribution in [2.45, 2.75) is 41.5 Å². The Morgan fingerprint density at radius 2 is 0.911 bits per heavy atom. The minimum Gasteiger partial charge on any atom is -0.294 e. The molecular formula is C52H46BN3. The fourth-order valence-electron chi connectivity index (χ4n) is 8.61. The van der Waals surface area contributed by atoms with Crippen LogP contribution >= 0.6 is 0 Å². The van der Waals surface area contributed by atoms with Crippen molar-refractivity contribution in [3.8, 4) is 33.5 Å². The molecule has 1 heterocycles. The van der Waals surface area contributed by atoms with Gasteiger partial charge in [-0.25, -0.2) is 4.98 Å². The Kier molecular flexibility index (Phi) is 10.2. The van der Waals surface area contributed by atoms with Crippen LogP contribution in [0.1, 0.15) is 33.4 Å². The summed E-state index contributed by atoms with van der Waals surface area (Å²) in [6.07, 6.45) is 3.77. The summed E-state index contributed by atoms with van der Waals surface area (Å²) in [6, 6.07) is 56.6. The van der Waals surface area contributed by atoms with Gasteiger partial charge >= 0.3 is 0 Å². The third-order valence-electron chi connectivity index (χ3n) is 10.9. The van der Waals surface area contributed by atoms with Crippen molar-refractivity contribution >= 4 is 40.3 Å². The van der Waals surface area contributed by atoms with Gasteiger partial charge in [0, 0.05) is 16.9 Å². The maximum atomic E-state index is 5.05. The van der Waals surface area contributed by atoms with E-state index in [1.54, 1.807) is 0 Å². The first-order valence-electron chi connectivity index (χ1n) is 19.4. The van der Waals surface area contributed by atoms with E-state index in [0.29, 0.717) is 0 Å². The number of nitrogens with zero attached hydrogens (tertiary/aromatic N) is 3. The van der Waals surface area contributed by atoms with Crippen molar-refractivity contribution in [1.82, 2.24) is 9.97 Å². The Morgan fingerprint density at radius 1 is 0.411 bits per heavy atom. The molecule has 0 radical (unpaired) electrons. The van der Waals surface area contributed by atoms with Crippen molar-refractivity contribution in [2.75, 3.05) is 4.90 Å². The Hall–Kier alpha value is -6.52. The molecule has 0 aliphatic heterocycles. The molecule has 0 unspecified atom stereocenters. The highest BCUT2D eigenvalue weighted by atomic mass is 15.2. The van der Waals surface area contributed by atoms with E-state index in [1.807, 2.05) is 30.6 Å². The number of rotatable bonds is 9. The Morgan fingerprint density at radius 3 is 1.45 bits per heavy atom. The first-order valence-corrected chi connectivity index (χ1v) is 19.4. The van der Waals surface area contributed by atoms with Crippen LogP contribution < -0.4 is 21.3 Å². The molecule has 7 aromatic carbocycles. The van der Waals surface area contributed by atoms with Gasteiger partial charge in [-0.15, -0.1) is 0 Å². The summed E-state index contributed by atoms with van der Waals surface area (Å²) in [5.41, 5.74) is 20.5. The molecule has 56 heavy (non-hydrogen) atoms. The second kappa shape index (κ2) is 15.7. The summed E-state index contributed by atoms with van der Waals surface area (Å²) in [5.74, 6) is 0.748. The van der Waals surface area contributed by atoms with Crippen LogP contribution in [0.2, 0.25) is 0 Å². The van der Waals surface area contributed by atoms with Gasteiger partial charge in [-0.2, -0.15) is 0 Å². The lowest BCUT2D eigenvalue weighted by molar-refractivity contribution is 1.13. The smallest absolute Gasteiger partial charge is 0.242 e. The number of aryl methyl sites for hydroxylation is 6. The Bertz CT molecular complexity index is 2530. The predicted molar refractivity (Wildman–Crippen MR) is 239 cm³/mol. The fraction of sp³-hybridized carbons (Fsp3) is 0.115. The van der Waals surface area contributed by atoms with Crippen LogP contribution in [0.3, 0.4) is 0 Å². The SMILES string of the molecule is Cc1cc(C)c(B(c2ccc(N(c3cccc(-c4ccccc4-c4ccccc4)c3)c3cnc(-c4ccccc4)cn3)cc2)c2c(C)cc(C)cc2C)c(C)c1. The Labute approximate surface area is 332 Å². The van der Waals surface area contributed by atoms with E-state index in [-0.39, 0.29) is 6.71 Å². The molecule has 0 saturated heterocycles. The lowest BCUT2D eigenvalue weighted by atomic mass is 9.34. The third kappa shape index (κ3) is 7.31. The average molecular weight is 724 g/mol. The molecule has 0 atom stereocenters. The van der Waals surface area contributed by atoms with E-state index in [0.717, 1.165) is 34.0 Å². The van der Waals surface area contributed by atoms with Crippen molar-refractivity contribution < 1.29 is 0 Å². The van der Waals surface area contributed by atoms with E-state index >= 15 is 0 Å². The highest BCUT2D eigenvalue weighted by Gasteiger charge is 2.29. The van der Waals surface area contributed by atoms with E-state index < -0.39 is 0 Å². The molecular weight excluding hydrogens is 677 g/mol. The zero-order chi connectivity index (χ0) is 38.8. The summed E-state index contributed by atoms with van der Waals surface area (Å²) >= 11 is 0. The summed E-state index contributed by atoms with van der Waals surface area (Å²) in [5, 5.41) is 0. The van der Waals surface area contributed by atoms with Gasteiger partial charge in [0.2, 0.25) is 6.71 Å². The molecule has 4 heteroatoms. The highest BCUT2D eigenvalue weighted by Crippen LogP contribution is 2.38. The first kappa shape index (κ1) is 36.5. The first-order chi connectivity index (χ1) is 27.2. The van der Waals surface area contributed by atoms with Crippen LogP contribution in [0.5, 0.6) is 0 Å². The number of aromatic nitrogens is 2. The number of anilines is 3. The van der Waals surface area contributed by atoms with Gasteiger partial charge < -0.3 is 0 Å². The zero-order valence-electron chi connectivity index (χ0n) is 33.1. The van der Waals surface area contributed by atoms with Crippen LogP contribution in [0.15, 0.2) is 170 Å². The molecule has 0 fully saturated rings. The van der Waals surface area contributed by atoms with Crippen molar-refractivity contribution in [2.24, 2.45) is 0 Å². The molecule has 0 saturated carbocycles. The highest BCUT2D eigenvalue weighted by molar-refractivity contribution is 6.96. The van der Waals surface area contributed by atoms with Crippen LogP contribution in [-0.4, -0.2) is 16.7 Å². The maximum absolute atomic E-state index is 5.05. The van der Waals surface area contributed by atoms with Crippen LogP contribution in [0.25, 0.3) is 33.5 Å². The standard InChI is InChI=1S/C52H46BN3/c1-35-28-37(3)51(38(4)29-35)53(52-39(5)30-36(2)31-40(52)6)44-24-26-45(27-25-44)56(50-34-54-49(33-55-50)42-18-11-8-12-19-42)46-21-15-20-43(32-46)48-23-14-13-22-47(48)41-16-9-7-10-17-41/h7-34H,1-6H3. The summed E-state index contributed by atoms with van der Waals surface area (Å²) in [7, 11) is 0. The van der Waals surface area contributed by atoms with E-state index in [1.165, 1.54) is 66.5 Å². The van der Waals surface area contributed by atoms with E-state index in [9.17, 15) is 0 Å². The number of benzene rings is 7. The molecule has 0 spiro atoms. The van der Waals surface area contributed by atoms with Gasteiger partial charge in [0.25, 0.3) is 0 Å². The molecule has 0 aliphatic rings.